The number of sulfonamides is 1. The summed E-state index contributed by atoms with van der Waals surface area (Å²) in [6.45, 7) is 0. The van der Waals surface area contributed by atoms with Crippen molar-refractivity contribution in [3.8, 4) is 11.5 Å². The van der Waals surface area contributed by atoms with Crippen molar-refractivity contribution in [1.82, 2.24) is 4.72 Å². The molecule has 8 nitrogen and oxygen atoms in total. The van der Waals surface area contributed by atoms with E-state index < -0.39 is 10.0 Å². The van der Waals surface area contributed by atoms with E-state index in [1.165, 1.54) is 38.5 Å². The molecule has 0 aliphatic heterocycles. The molecule has 3 N–H and O–H groups in total. The molecule has 3 rings (SSSR count). The fraction of sp³-hybridized carbons (Fsp3) is 0.381. The van der Waals surface area contributed by atoms with Gasteiger partial charge in [0.15, 0.2) is 0 Å². The van der Waals surface area contributed by atoms with Crippen molar-refractivity contribution in [3.63, 3.8) is 0 Å². The third kappa shape index (κ3) is 5.29. The molecule has 2 aromatic carbocycles. The largest absolute Gasteiger partial charge is 0.497 e. The van der Waals surface area contributed by atoms with Gasteiger partial charge in [-0.3, -0.25) is 4.79 Å². The summed E-state index contributed by atoms with van der Waals surface area (Å²) < 4.78 is 38.2. The number of amides is 1. The quantitative estimate of drug-likeness (QED) is 0.617. The first-order chi connectivity index (χ1) is 14.3. The molecule has 9 heteroatoms. The average molecular weight is 435 g/mol. The number of anilines is 1. The van der Waals surface area contributed by atoms with Crippen molar-refractivity contribution in [2.75, 3.05) is 19.5 Å². The molecule has 0 atom stereocenters. The number of aliphatic hydroxyl groups is 1. The van der Waals surface area contributed by atoms with Crippen molar-refractivity contribution in [2.45, 2.75) is 42.7 Å². The van der Waals surface area contributed by atoms with Crippen molar-refractivity contribution >= 4 is 21.6 Å². The predicted molar refractivity (Wildman–Crippen MR) is 113 cm³/mol. The molecule has 2 aromatic rings. The zero-order valence-corrected chi connectivity index (χ0v) is 17.7. The number of methoxy groups -OCH3 is 2. The minimum absolute atomic E-state index is 0.119. The van der Waals surface area contributed by atoms with Gasteiger partial charge in [-0.2, -0.15) is 0 Å². The second-order valence-corrected chi connectivity index (χ2v) is 8.89. The molecule has 1 amide bonds. The SMILES string of the molecule is COc1ccc(C(=O)Nc2ccc(S(=O)(=O)NC3CCC(O)CC3)cc2)c(OC)c1. The molecule has 30 heavy (non-hydrogen) atoms. The van der Waals surface area contributed by atoms with Crippen LogP contribution in [-0.2, 0) is 10.0 Å². The summed E-state index contributed by atoms with van der Waals surface area (Å²) in [6.07, 6.45) is 2.05. The molecule has 0 heterocycles. The van der Waals surface area contributed by atoms with E-state index in [-0.39, 0.29) is 22.9 Å². The molecule has 0 spiro atoms. The summed E-state index contributed by atoms with van der Waals surface area (Å²) in [5, 5.41) is 12.3. The lowest BCUT2D eigenvalue weighted by molar-refractivity contribution is 0.102. The first-order valence-corrected chi connectivity index (χ1v) is 11.1. The molecule has 1 saturated carbocycles. The Kier molecular flexibility index (Phi) is 6.96. The number of rotatable bonds is 7. The summed E-state index contributed by atoms with van der Waals surface area (Å²) in [5.41, 5.74) is 0.786. The van der Waals surface area contributed by atoms with E-state index in [2.05, 4.69) is 10.0 Å². The standard InChI is InChI=1S/C21H26N2O6S/c1-28-17-9-12-19(20(13-17)29-2)21(25)22-14-5-10-18(11-6-14)30(26,27)23-15-3-7-16(24)8-4-15/h5-6,9-13,15-16,23-24H,3-4,7-8H2,1-2H3,(H,22,25). The number of hydrogen-bond acceptors (Lipinski definition) is 6. The highest BCUT2D eigenvalue weighted by molar-refractivity contribution is 7.89. The summed E-state index contributed by atoms with van der Waals surface area (Å²) in [4.78, 5) is 12.7. The van der Waals surface area contributed by atoms with Crippen LogP contribution in [0.25, 0.3) is 0 Å². The monoisotopic (exact) mass is 434 g/mol. The number of hydrogen-bond donors (Lipinski definition) is 3. The lowest BCUT2D eigenvalue weighted by atomic mass is 9.94. The Morgan fingerprint density at radius 3 is 2.27 bits per heavy atom. The third-order valence-electron chi connectivity index (χ3n) is 5.09. The van der Waals surface area contributed by atoms with Gasteiger partial charge in [0, 0.05) is 17.8 Å². The van der Waals surface area contributed by atoms with E-state index >= 15 is 0 Å². The fourth-order valence-corrected chi connectivity index (χ4v) is 4.69. The highest BCUT2D eigenvalue weighted by Gasteiger charge is 2.25. The number of carbonyl (C=O) groups excluding carboxylic acids is 1. The normalized spacial score (nSPS) is 19.2. The molecule has 0 bridgehead atoms. The number of ether oxygens (including phenoxy) is 2. The van der Waals surface area contributed by atoms with Crippen LogP contribution >= 0.6 is 0 Å². The first-order valence-electron chi connectivity index (χ1n) is 9.66. The summed E-state index contributed by atoms with van der Waals surface area (Å²) >= 11 is 0. The lowest BCUT2D eigenvalue weighted by Gasteiger charge is -2.26. The Labute approximate surface area is 176 Å². The second kappa shape index (κ2) is 9.46. The minimum Gasteiger partial charge on any atom is -0.497 e. The van der Waals surface area contributed by atoms with Crippen molar-refractivity contribution in [2.24, 2.45) is 0 Å². The van der Waals surface area contributed by atoms with Gasteiger partial charge in [-0.05, 0) is 62.1 Å². The molecule has 1 aliphatic rings. The summed E-state index contributed by atoms with van der Waals surface area (Å²) in [6, 6.07) is 10.6. The van der Waals surface area contributed by atoms with E-state index in [1.54, 1.807) is 18.2 Å². The zero-order valence-electron chi connectivity index (χ0n) is 16.9. The Morgan fingerprint density at radius 1 is 1.00 bits per heavy atom. The van der Waals surface area contributed by atoms with Crippen LogP contribution in [0.4, 0.5) is 5.69 Å². The van der Waals surface area contributed by atoms with Gasteiger partial charge in [-0.1, -0.05) is 0 Å². The zero-order chi connectivity index (χ0) is 21.7. The summed E-state index contributed by atoms with van der Waals surface area (Å²) in [5.74, 6) is 0.551. The smallest absolute Gasteiger partial charge is 0.259 e. The van der Waals surface area contributed by atoms with Gasteiger partial charge in [-0.15, -0.1) is 0 Å². The van der Waals surface area contributed by atoms with Crippen LogP contribution in [-0.4, -0.2) is 45.8 Å². The minimum atomic E-state index is -3.67. The fourth-order valence-electron chi connectivity index (χ4n) is 3.38. The van der Waals surface area contributed by atoms with Crippen molar-refractivity contribution in [3.05, 3.63) is 48.0 Å². The predicted octanol–water partition coefficient (Wildman–Crippen LogP) is 2.54. The molecule has 1 aliphatic carbocycles. The van der Waals surface area contributed by atoms with Crippen molar-refractivity contribution < 1.29 is 27.8 Å². The maximum Gasteiger partial charge on any atom is 0.259 e. The number of aliphatic hydroxyl groups excluding tert-OH is 1. The van der Waals surface area contributed by atoms with Gasteiger partial charge in [-0.25, -0.2) is 13.1 Å². The van der Waals surface area contributed by atoms with E-state index in [1.807, 2.05) is 0 Å². The second-order valence-electron chi connectivity index (χ2n) is 7.17. The molecule has 162 valence electrons. The van der Waals surface area contributed by atoms with Crippen LogP contribution in [0.5, 0.6) is 11.5 Å². The van der Waals surface area contributed by atoms with Gasteiger partial charge < -0.3 is 19.9 Å². The van der Waals surface area contributed by atoms with E-state index in [9.17, 15) is 18.3 Å². The molecular weight excluding hydrogens is 408 g/mol. The van der Waals surface area contributed by atoms with E-state index in [0.29, 0.717) is 48.4 Å². The Hall–Kier alpha value is -2.62. The molecule has 0 saturated heterocycles. The van der Waals surface area contributed by atoms with Gasteiger partial charge in [0.25, 0.3) is 5.91 Å². The molecular formula is C21H26N2O6S. The maximum atomic E-state index is 12.6. The molecule has 0 aromatic heterocycles. The van der Waals surface area contributed by atoms with E-state index in [0.717, 1.165) is 0 Å². The van der Waals surface area contributed by atoms with Gasteiger partial charge >= 0.3 is 0 Å². The van der Waals surface area contributed by atoms with Gasteiger partial charge in [0.2, 0.25) is 10.0 Å². The third-order valence-corrected chi connectivity index (χ3v) is 6.63. The highest BCUT2D eigenvalue weighted by atomic mass is 32.2. The molecule has 1 fully saturated rings. The molecule has 0 radical (unpaired) electrons. The van der Waals surface area contributed by atoms with Crippen LogP contribution in [0.3, 0.4) is 0 Å². The Morgan fingerprint density at radius 2 is 1.67 bits per heavy atom. The first kappa shape index (κ1) is 22.1. The Balaban J connectivity index is 1.67. The topological polar surface area (TPSA) is 114 Å². The average Bonchev–Trinajstić information content (AvgIpc) is 2.75. The lowest BCUT2D eigenvalue weighted by Crippen LogP contribution is -2.38. The van der Waals surface area contributed by atoms with Crippen LogP contribution < -0.4 is 19.5 Å². The Bertz CT molecular complexity index is 983. The molecule has 0 unspecified atom stereocenters. The van der Waals surface area contributed by atoms with E-state index in [4.69, 9.17) is 9.47 Å². The van der Waals surface area contributed by atoms with Crippen LogP contribution in [0.1, 0.15) is 36.0 Å². The number of nitrogens with one attached hydrogen (secondary N) is 2. The van der Waals surface area contributed by atoms with Gasteiger partial charge in [0.1, 0.15) is 11.5 Å². The summed E-state index contributed by atoms with van der Waals surface area (Å²) in [7, 11) is -0.683. The number of carbonyl (C=O) groups is 1. The highest BCUT2D eigenvalue weighted by Crippen LogP contribution is 2.26. The van der Waals surface area contributed by atoms with Crippen LogP contribution in [0.2, 0.25) is 0 Å². The van der Waals surface area contributed by atoms with Gasteiger partial charge in [0.05, 0.1) is 30.8 Å². The van der Waals surface area contributed by atoms with Crippen molar-refractivity contribution in [1.29, 1.82) is 0 Å². The van der Waals surface area contributed by atoms with Crippen LogP contribution in [0.15, 0.2) is 47.4 Å². The van der Waals surface area contributed by atoms with Crippen LogP contribution in [0, 0.1) is 0 Å². The number of benzene rings is 2. The maximum absolute atomic E-state index is 12.6.